The van der Waals surface area contributed by atoms with E-state index in [0.717, 1.165) is 23.7 Å². The lowest BCUT2D eigenvalue weighted by atomic mass is 9.63. The Balaban J connectivity index is 2.03. The molecule has 0 aromatic heterocycles. The summed E-state index contributed by atoms with van der Waals surface area (Å²) in [6.07, 6.45) is 9.15. The molecule has 70 valence electrons. The summed E-state index contributed by atoms with van der Waals surface area (Å²) in [5.41, 5.74) is 0. The highest BCUT2D eigenvalue weighted by atomic mass is 14.4. The average molecular weight is 166 g/mol. The first kappa shape index (κ1) is 8.59. The molecule has 2 aliphatic rings. The third kappa shape index (κ3) is 1.41. The molecule has 0 spiro atoms. The fraction of sp³-hybridized carbons (Fsp3) is 1.00. The van der Waals surface area contributed by atoms with E-state index in [1.807, 2.05) is 0 Å². The highest BCUT2D eigenvalue weighted by Gasteiger charge is 2.35. The predicted octanol–water partition coefficient (Wildman–Crippen LogP) is 3.86. The highest BCUT2D eigenvalue weighted by Crippen LogP contribution is 2.45. The van der Waals surface area contributed by atoms with Crippen LogP contribution in [0.4, 0.5) is 0 Å². The van der Waals surface area contributed by atoms with Gasteiger partial charge in [-0.25, -0.2) is 0 Å². The van der Waals surface area contributed by atoms with Crippen LogP contribution in [0, 0.1) is 23.7 Å². The van der Waals surface area contributed by atoms with Crippen LogP contribution in [0.2, 0.25) is 0 Å². The lowest BCUT2D eigenvalue weighted by Crippen LogP contribution is -2.33. The lowest BCUT2D eigenvalue weighted by molar-refractivity contribution is 0.0734. The van der Waals surface area contributed by atoms with E-state index in [-0.39, 0.29) is 0 Å². The van der Waals surface area contributed by atoms with Gasteiger partial charge in [-0.05, 0) is 36.5 Å². The fourth-order valence-corrected chi connectivity index (χ4v) is 3.45. The maximum absolute atomic E-state index is 2.49. The molecule has 0 nitrogen and oxygen atoms in total. The van der Waals surface area contributed by atoms with E-state index < -0.39 is 0 Å². The van der Waals surface area contributed by atoms with Crippen molar-refractivity contribution in [3.05, 3.63) is 0 Å². The molecule has 1 unspecified atom stereocenters. The fourth-order valence-electron chi connectivity index (χ4n) is 3.45. The van der Waals surface area contributed by atoms with Crippen LogP contribution in [-0.4, -0.2) is 0 Å². The quantitative estimate of drug-likeness (QED) is 0.512. The van der Waals surface area contributed by atoms with E-state index in [9.17, 15) is 0 Å². The van der Waals surface area contributed by atoms with Gasteiger partial charge in [0.1, 0.15) is 0 Å². The Labute approximate surface area is 76.7 Å². The molecular formula is C12H22. The van der Waals surface area contributed by atoms with Crippen molar-refractivity contribution in [1.29, 1.82) is 0 Å². The van der Waals surface area contributed by atoms with Gasteiger partial charge < -0.3 is 0 Å². The van der Waals surface area contributed by atoms with E-state index in [0.29, 0.717) is 0 Å². The molecule has 4 atom stereocenters. The Morgan fingerprint density at radius 1 is 0.833 bits per heavy atom. The number of fused-ring (bicyclic) bond motifs is 1. The molecule has 0 amide bonds. The summed E-state index contributed by atoms with van der Waals surface area (Å²) in [4.78, 5) is 0. The molecule has 2 rings (SSSR count). The molecule has 0 aromatic rings. The zero-order valence-corrected chi connectivity index (χ0v) is 8.55. The third-order valence-corrected chi connectivity index (χ3v) is 4.53. The largest absolute Gasteiger partial charge is 0.0622 e. The molecule has 12 heavy (non-hydrogen) atoms. The Morgan fingerprint density at radius 2 is 1.58 bits per heavy atom. The molecule has 2 fully saturated rings. The molecule has 0 radical (unpaired) electrons. The minimum absolute atomic E-state index is 1.00. The van der Waals surface area contributed by atoms with Gasteiger partial charge in [0.15, 0.2) is 0 Å². The summed E-state index contributed by atoms with van der Waals surface area (Å²) >= 11 is 0. The topological polar surface area (TPSA) is 0 Å². The van der Waals surface area contributed by atoms with Gasteiger partial charge in [-0.15, -0.1) is 0 Å². The second kappa shape index (κ2) is 3.40. The first-order valence-electron chi connectivity index (χ1n) is 5.79. The number of hydrogen-bond acceptors (Lipinski definition) is 0. The Bertz CT molecular complexity index is 148. The molecule has 0 saturated heterocycles. The summed E-state index contributed by atoms with van der Waals surface area (Å²) in [5.74, 6) is 4.24. The van der Waals surface area contributed by atoms with Gasteiger partial charge in [-0.3, -0.25) is 0 Å². The van der Waals surface area contributed by atoms with Gasteiger partial charge in [0.05, 0.1) is 0 Å². The van der Waals surface area contributed by atoms with Gasteiger partial charge in [0, 0.05) is 0 Å². The summed E-state index contributed by atoms with van der Waals surface area (Å²) < 4.78 is 0. The molecule has 2 aliphatic carbocycles. The summed E-state index contributed by atoms with van der Waals surface area (Å²) in [7, 11) is 0. The second-order valence-corrected chi connectivity index (χ2v) is 5.12. The van der Waals surface area contributed by atoms with Crippen LogP contribution in [0.5, 0.6) is 0 Å². The van der Waals surface area contributed by atoms with Crippen molar-refractivity contribution in [3.63, 3.8) is 0 Å². The lowest BCUT2D eigenvalue weighted by Gasteiger charge is -2.43. The van der Waals surface area contributed by atoms with Crippen LogP contribution in [-0.2, 0) is 0 Å². The van der Waals surface area contributed by atoms with Crippen molar-refractivity contribution in [1.82, 2.24) is 0 Å². The van der Waals surface area contributed by atoms with Gasteiger partial charge >= 0.3 is 0 Å². The van der Waals surface area contributed by atoms with Gasteiger partial charge in [-0.2, -0.15) is 0 Å². The molecule has 0 aliphatic heterocycles. The van der Waals surface area contributed by atoms with Crippen molar-refractivity contribution in [2.75, 3.05) is 0 Å². The average Bonchev–Trinajstić information content (AvgIpc) is 2.12. The van der Waals surface area contributed by atoms with E-state index in [4.69, 9.17) is 0 Å². The van der Waals surface area contributed by atoms with Crippen LogP contribution in [0.25, 0.3) is 0 Å². The monoisotopic (exact) mass is 166 g/mol. The Morgan fingerprint density at radius 3 is 2.42 bits per heavy atom. The van der Waals surface area contributed by atoms with Crippen LogP contribution in [0.1, 0.15) is 52.4 Å². The van der Waals surface area contributed by atoms with E-state index in [1.165, 1.54) is 32.1 Å². The molecule has 2 saturated carbocycles. The van der Waals surface area contributed by atoms with E-state index in [1.54, 1.807) is 6.42 Å². The molecule has 0 heterocycles. The SMILES string of the molecule is C[C@@H]1CC[C@H]2CCCCC2[C@H]1C. The standard InChI is InChI=1S/C12H22/c1-9-7-8-11-5-3-4-6-12(11)10(9)2/h9-12H,3-8H2,1-2H3/t9-,10+,11-,12?/m1/s1. The van der Waals surface area contributed by atoms with Gasteiger partial charge in [-0.1, -0.05) is 39.5 Å². The van der Waals surface area contributed by atoms with Gasteiger partial charge in [0.25, 0.3) is 0 Å². The minimum Gasteiger partial charge on any atom is -0.0622 e. The predicted molar refractivity (Wildman–Crippen MR) is 53.0 cm³/mol. The summed E-state index contributed by atoms with van der Waals surface area (Å²) in [6.45, 7) is 4.95. The summed E-state index contributed by atoms with van der Waals surface area (Å²) in [5, 5.41) is 0. The van der Waals surface area contributed by atoms with Crippen LogP contribution in [0.3, 0.4) is 0 Å². The highest BCUT2D eigenvalue weighted by molar-refractivity contribution is 4.85. The molecule has 0 aromatic carbocycles. The molecule has 0 bridgehead atoms. The van der Waals surface area contributed by atoms with Crippen molar-refractivity contribution in [2.24, 2.45) is 23.7 Å². The minimum atomic E-state index is 1.00. The van der Waals surface area contributed by atoms with Crippen molar-refractivity contribution in [2.45, 2.75) is 52.4 Å². The maximum atomic E-state index is 2.49. The van der Waals surface area contributed by atoms with Crippen LogP contribution < -0.4 is 0 Å². The zero-order valence-electron chi connectivity index (χ0n) is 8.55. The second-order valence-electron chi connectivity index (χ2n) is 5.12. The third-order valence-electron chi connectivity index (χ3n) is 4.53. The Hall–Kier alpha value is 0. The van der Waals surface area contributed by atoms with Crippen molar-refractivity contribution < 1.29 is 0 Å². The molecule has 0 heteroatoms. The van der Waals surface area contributed by atoms with Gasteiger partial charge in [0.2, 0.25) is 0 Å². The maximum Gasteiger partial charge on any atom is -0.0358 e. The summed E-state index contributed by atoms with van der Waals surface area (Å²) in [6, 6.07) is 0. The van der Waals surface area contributed by atoms with Crippen LogP contribution >= 0.6 is 0 Å². The molecule has 0 N–H and O–H groups in total. The van der Waals surface area contributed by atoms with Crippen LogP contribution in [0.15, 0.2) is 0 Å². The normalized spacial score (nSPS) is 48.5. The number of hydrogen-bond donors (Lipinski definition) is 0. The first-order valence-corrected chi connectivity index (χ1v) is 5.79. The van der Waals surface area contributed by atoms with Crippen molar-refractivity contribution >= 4 is 0 Å². The zero-order chi connectivity index (χ0) is 8.55. The van der Waals surface area contributed by atoms with Crippen molar-refractivity contribution in [3.8, 4) is 0 Å². The molecular weight excluding hydrogens is 144 g/mol. The smallest absolute Gasteiger partial charge is 0.0358 e. The first-order chi connectivity index (χ1) is 5.79. The van der Waals surface area contributed by atoms with E-state index >= 15 is 0 Å². The Kier molecular flexibility index (Phi) is 2.43. The number of rotatable bonds is 0. The van der Waals surface area contributed by atoms with E-state index in [2.05, 4.69) is 13.8 Å².